The number of carbonyl (C=O) groups excluding carboxylic acids is 1. The van der Waals surface area contributed by atoms with Crippen LogP contribution in [-0.2, 0) is 10.4 Å². The molecule has 1 fully saturated rings. The molecule has 0 aromatic carbocycles. The van der Waals surface area contributed by atoms with E-state index < -0.39 is 11.0 Å². The van der Waals surface area contributed by atoms with Crippen molar-refractivity contribution in [1.29, 1.82) is 0 Å². The van der Waals surface area contributed by atoms with Crippen LogP contribution in [0.4, 0.5) is 11.6 Å². The fraction of sp³-hybridized carbons (Fsp3) is 0.435. The third kappa shape index (κ3) is 4.81. The number of pyridine rings is 1. The maximum atomic E-state index is 11.8. The van der Waals surface area contributed by atoms with Gasteiger partial charge in [0.2, 0.25) is 11.8 Å². The first-order chi connectivity index (χ1) is 15.6. The number of carbonyl (C=O) groups is 1. The SMILES string of the molecule is COc1cc(Nc2cc(C)cc(-c3cnc(C4(O)CCC(C(N)=O)C(C)(C)C4)s3)n2)ncn1. The van der Waals surface area contributed by atoms with E-state index in [1.807, 2.05) is 32.9 Å². The summed E-state index contributed by atoms with van der Waals surface area (Å²) in [4.78, 5) is 30.2. The first-order valence-corrected chi connectivity index (χ1v) is 11.5. The molecule has 4 rings (SSSR count). The molecular formula is C23H28N6O3S. The molecule has 4 N–H and O–H groups in total. The first kappa shape index (κ1) is 23.1. The molecule has 1 aliphatic carbocycles. The molecule has 10 heteroatoms. The molecular weight excluding hydrogens is 440 g/mol. The van der Waals surface area contributed by atoms with Crippen LogP contribution in [0.2, 0.25) is 0 Å². The lowest BCUT2D eigenvalue weighted by atomic mass is 9.63. The van der Waals surface area contributed by atoms with Crippen molar-refractivity contribution in [2.45, 2.75) is 45.6 Å². The molecule has 0 spiro atoms. The van der Waals surface area contributed by atoms with Gasteiger partial charge in [-0.05, 0) is 49.3 Å². The van der Waals surface area contributed by atoms with Gasteiger partial charge < -0.3 is 20.9 Å². The quantitative estimate of drug-likeness (QED) is 0.500. The highest BCUT2D eigenvalue weighted by Gasteiger charge is 2.48. The van der Waals surface area contributed by atoms with Crippen molar-refractivity contribution in [2.75, 3.05) is 12.4 Å². The Hall–Kier alpha value is -3.11. The van der Waals surface area contributed by atoms with Crippen molar-refractivity contribution < 1.29 is 14.6 Å². The van der Waals surface area contributed by atoms with Crippen LogP contribution in [0.25, 0.3) is 10.6 Å². The highest BCUT2D eigenvalue weighted by atomic mass is 32.1. The van der Waals surface area contributed by atoms with Gasteiger partial charge in [-0.1, -0.05) is 13.8 Å². The average Bonchev–Trinajstić information content (AvgIpc) is 3.24. The molecule has 1 aliphatic rings. The summed E-state index contributed by atoms with van der Waals surface area (Å²) in [5.74, 6) is 1.08. The summed E-state index contributed by atoms with van der Waals surface area (Å²) in [6.07, 6.45) is 4.56. The van der Waals surface area contributed by atoms with E-state index in [4.69, 9.17) is 15.5 Å². The van der Waals surface area contributed by atoms with Crippen molar-refractivity contribution in [2.24, 2.45) is 17.1 Å². The third-order valence-electron chi connectivity index (χ3n) is 6.11. The summed E-state index contributed by atoms with van der Waals surface area (Å²) < 4.78 is 5.15. The third-order valence-corrected chi connectivity index (χ3v) is 7.33. The number of amides is 1. The number of ether oxygens (including phenoxy) is 1. The van der Waals surface area contributed by atoms with Crippen LogP contribution in [0.5, 0.6) is 5.88 Å². The molecule has 1 amide bonds. The van der Waals surface area contributed by atoms with Gasteiger partial charge in [0.05, 0.1) is 17.7 Å². The minimum atomic E-state index is -1.10. The van der Waals surface area contributed by atoms with Crippen molar-refractivity contribution in [3.8, 4) is 16.5 Å². The minimum Gasteiger partial charge on any atom is -0.481 e. The van der Waals surface area contributed by atoms with Crippen LogP contribution in [0, 0.1) is 18.3 Å². The highest BCUT2D eigenvalue weighted by Crippen LogP contribution is 2.50. The van der Waals surface area contributed by atoms with Crippen LogP contribution in [-0.4, -0.2) is 38.1 Å². The van der Waals surface area contributed by atoms with E-state index in [1.165, 1.54) is 17.7 Å². The minimum absolute atomic E-state index is 0.260. The van der Waals surface area contributed by atoms with Crippen LogP contribution >= 0.6 is 11.3 Å². The summed E-state index contributed by atoms with van der Waals surface area (Å²) in [6, 6.07) is 5.58. The van der Waals surface area contributed by atoms with Gasteiger partial charge in [-0.15, -0.1) is 11.3 Å². The Bertz CT molecular complexity index is 1180. The van der Waals surface area contributed by atoms with E-state index in [2.05, 4.69) is 20.3 Å². The molecule has 33 heavy (non-hydrogen) atoms. The summed E-state index contributed by atoms with van der Waals surface area (Å²) in [6.45, 7) is 5.94. The molecule has 0 aliphatic heterocycles. The monoisotopic (exact) mass is 468 g/mol. The van der Waals surface area contributed by atoms with Gasteiger partial charge in [-0.2, -0.15) is 0 Å². The molecule has 3 aromatic heterocycles. The first-order valence-electron chi connectivity index (χ1n) is 10.7. The second-order valence-corrected chi connectivity index (χ2v) is 10.2. The maximum absolute atomic E-state index is 11.8. The number of hydrogen-bond acceptors (Lipinski definition) is 9. The Labute approximate surface area is 196 Å². The number of hydrogen-bond donors (Lipinski definition) is 3. The Morgan fingerprint density at radius 3 is 2.73 bits per heavy atom. The van der Waals surface area contributed by atoms with E-state index in [1.54, 1.807) is 19.4 Å². The van der Waals surface area contributed by atoms with Gasteiger partial charge in [-0.3, -0.25) is 4.79 Å². The van der Waals surface area contributed by atoms with Crippen molar-refractivity contribution in [3.63, 3.8) is 0 Å². The topological polar surface area (TPSA) is 136 Å². The number of aliphatic hydroxyl groups is 1. The van der Waals surface area contributed by atoms with E-state index in [9.17, 15) is 9.90 Å². The Balaban J connectivity index is 1.59. The zero-order valence-electron chi connectivity index (χ0n) is 19.1. The molecule has 1 saturated carbocycles. The normalized spacial score (nSPS) is 22.0. The van der Waals surface area contributed by atoms with E-state index in [0.717, 1.165) is 16.1 Å². The van der Waals surface area contributed by atoms with E-state index in [-0.39, 0.29) is 11.8 Å². The average molecular weight is 469 g/mol. The molecule has 2 atom stereocenters. The Morgan fingerprint density at radius 1 is 1.24 bits per heavy atom. The van der Waals surface area contributed by atoms with Gasteiger partial charge in [0.25, 0.3) is 0 Å². The number of aromatic nitrogens is 4. The number of anilines is 2. The number of nitrogens with zero attached hydrogens (tertiary/aromatic N) is 4. The lowest BCUT2D eigenvalue weighted by Gasteiger charge is -2.44. The van der Waals surface area contributed by atoms with Gasteiger partial charge in [0, 0.05) is 18.2 Å². The number of primary amides is 1. The van der Waals surface area contributed by atoms with Crippen molar-refractivity contribution in [3.05, 3.63) is 41.3 Å². The number of nitrogens with two attached hydrogens (primary N) is 1. The van der Waals surface area contributed by atoms with E-state index in [0.29, 0.717) is 41.8 Å². The van der Waals surface area contributed by atoms with Crippen molar-refractivity contribution in [1.82, 2.24) is 19.9 Å². The summed E-state index contributed by atoms with van der Waals surface area (Å²) in [5, 5.41) is 15.2. The molecule has 0 saturated heterocycles. The standard InChI is InChI=1S/C23H28N6O3S/c1-13-7-15(28-18(8-13)29-17-9-19(32-4)27-12-26-17)16-10-25-21(33-16)23(31)6-5-14(20(24)30)22(2,3)11-23/h7-10,12,14,31H,5-6,11H2,1-4H3,(H2,24,30)(H,26,27,28,29). The number of rotatable bonds is 6. The van der Waals surface area contributed by atoms with Crippen LogP contribution in [0.3, 0.4) is 0 Å². The number of thiazole rings is 1. The Kier molecular flexibility index (Phi) is 6.06. The molecule has 0 bridgehead atoms. The molecule has 3 aromatic rings. The van der Waals surface area contributed by atoms with Gasteiger partial charge >= 0.3 is 0 Å². The zero-order valence-corrected chi connectivity index (χ0v) is 19.9. The molecule has 3 heterocycles. The number of aryl methyl sites for hydroxylation is 1. The fourth-order valence-electron chi connectivity index (χ4n) is 4.56. The predicted octanol–water partition coefficient (Wildman–Crippen LogP) is 3.55. The lowest BCUT2D eigenvalue weighted by molar-refractivity contribution is -0.134. The number of nitrogens with one attached hydrogen (secondary N) is 1. The highest BCUT2D eigenvalue weighted by molar-refractivity contribution is 7.15. The van der Waals surface area contributed by atoms with Crippen LogP contribution < -0.4 is 15.8 Å². The van der Waals surface area contributed by atoms with Crippen molar-refractivity contribution >= 4 is 28.9 Å². The molecule has 0 radical (unpaired) electrons. The summed E-state index contributed by atoms with van der Waals surface area (Å²) >= 11 is 1.42. The summed E-state index contributed by atoms with van der Waals surface area (Å²) in [5.41, 5.74) is 5.84. The van der Waals surface area contributed by atoms with E-state index >= 15 is 0 Å². The van der Waals surface area contributed by atoms with Crippen LogP contribution in [0.1, 0.15) is 43.7 Å². The second-order valence-electron chi connectivity index (χ2n) is 9.21. The molecule has 9 nitrogen and oxygen atoms in total. The Morgan fingerprint density at radius 2 is 2.03 bits per heavy atom. The van der Waals surface area contributed by atoms with Gasteiger partial charge in [0.1, 0.15) is 28.6 Å². The maximum Gasteiger partial charge on any atom is 0.221 e. The number of methoxy groups -OCH3 is 1. The zero-order chi connectivity index (χ0) is 23.8. The predicted molar refractivity (Wildman–Crippen MR) is 126 cm³/mol. The van der Waals surface area contributed by atoms with Gasteiger partial charge in [0.15, 0.2) is 0 Å². The van der Waals surface area contributed by atoms with Gasteiger partial charge in [-0.25, -0.2) is 19.9 Å². The fourth-order valence-corrected chi connectivity index (χ4v) is 5.56. The second kappa shape index (κ2) is 8.68. The molecule has 174 valence electrons. The summed E-state index contributed by atoms with van der Waals surface area (Å²) in [7, 11) is 1.55. The molecule has 2 unspecified atom stereocenters. The van der Waals surface area contributed by atoms with Crippen LogP contribution in [0.15, 0.2) is 30.7 Å². The smallest absolute Gasteiger partial charge is 0.221 e. The lowest BCUT2D eigenvalue weighted by Crippen LogP contribution is -2.46. The largest absolute Gasteiger partial charge is 0.481 e.